The number of piperidine rings is 1. The molecule has 21 heavy (non-hydrogen) atoms. The lowest BCUT2D eigenvalue weighted by atomic mass is 9.80. The van der Waals surface area contributed by atoms with E-state index in [-0.39, 0.29) is 5.54 Å². The average Bonchev–Trinajstić information content (AvgIpc) is 3.00. The first-order chi connectivity index (χ1) is 9.90. The largest absolute Gasteiger partial charge is 0.296 e. The Balaban J connectivity index is 1.77. The third-order valence-corrected chi connectivity index (χ3v) is 5.02. The standard InChI is InChI=1S/C17H31N3O/c1-14(2)15(3)16-7-11-19(12-8-16)21-13-17(4,5)20-10-6-9-18-20/h6,9-10,14-16H,7-8,11-13H2,1-5H3. The fraction of sp³-hybridized carbons (Fsp3) is 0.824. The number of rotatable bonds is 6. The Morgan fingerprint density at radius 2 is 1.90 bits per heavy atom. The summed E-state index contributed by atoms with van der Waals surface area (Å²) in [6, 6.07) is 1.96. The third kappa shape index (κ3) is 4.30. The molecule has 0 spiro atoms. The van der Waals surface area contributed by atoms with Crippen molar-refractivity contribution >= 4 is 0 Å². The summed E-state index contributed by atoms with van der Waals surface area (Å²) in [5.41, 5.74) is -0.106. The minimum atomic E-state index is -0.106. The van der Waals surface area contributed by atoms with Crippen molar-refractivity contribution in [3.63, 3.8) is 0 Å². The molecule has 1 fully saturated rings. The van der Waals surface area contributed by atoms with Crippen molar-refractivity contribution in [2.24, 2.45) is 17.8 Å². The summed E-state index contributed by atoms with van der Waals surface area (Å²) in [5, 5.41) is 6.47. The van der Waals surface area contributed by atoms with Crippen LogP contribution in [0, 0.1) is 17.8 Å². The molecule has 120 valence electrons. The van der Waals surface area contributed by atoms with Gasteiger partial charge in [0, 0.05) is 25.5 Å². The Morgan fingerprint density at radius 1 is 1.24 bits per heavy atom. The molecule has 0 aromatic carbocycles. The van der Waals surface area contributed by atoms with Crippen LogP contribution in [0.2, 0.25) is 0 Å². The Kier molecular flexibility index (Phi) is 5.44. The first kappa shape index (κ1) is 16.5. The molecule has 0 N–H and O–H groups in total. The van der Waals surface area contributed by atoms with E-state index in [1.165, 1.54) is 12.8 Å². The highest BCUT2D eigenvalue weighted by Gasteiger charge is 2.28. The van der Waals surface area contributed by atoms with Crippen LogP contribution in [0.25, 0.3) is 0 Å². The van der Waals surface area contributed by atoms with Crippen LogP contribution < -0.4 is 0 Å². The van der Waals surface area contributed by atoms with E-state index < -0.39 is 0 Å². The molecule has 1 aliphatic rings. The molecular weight excluding hydrogens is 262 g/mol. The van der Waals surface area contributed by atoms with Gasteiger partial charge in [-0.2, -0.15) is 10.2 Å². The van der Waals surface area contributed by atoms with Gasteiger partial charge in [-0.05, 0) is 50.5 Å². The normalized spacial score (nSPS) is 20.1. The second-order valence-electron chi connectivity index (χ2n) is 7.41. The van der Waals surface area contributed by atoms with E-state index in [0.717, 1.165) is 30.8 Å². The van der Waals surface area contributed by atoms with Crippen LogP contribution >= 0.6 is 0 Å². The van der Waals surface area contributed by atoms with Gasteiger partial charge < -0.3 is 0 Å². The summed E-state index contributed by atoms with van der Waals surface area (Å²) in [7, 11) is 0. The van der Waals surface area contributed by atoms with Crippen molar-refractivity contribution in [2.75, 3.05) is 19.7 Å². The van der Waals surface area contributed by atoms with E-state index in [9.17, 15) is 0 Å². The molecule has 1 aromatic heterocycles. The summed E-state index contributed by atoms with van der Waals surface area (Å²) < 4.78 is 1.97. The van der Waals surface area contributed by atoms with Gasteiger partial charge in [-0.15, -0.1) is 0 Å². The molecule has 4 heteroatoms. The minimum Gasteiger partial charge on any atom is -0.296 e. The number of hydrogen-bond donors (Lipinski definition) is 0. The summed E-state index contributed by atoms with van der Waals surface area (Å²) in [4.78, 5) is 6.03. The summed E-state index contributed by atoms with van der Waals surface area (Å²) >= 11 is 0. The van der Waals surface area contributed by atoms with Gasteiger partial charge in [0.05, 0.1) is 12.1 Å². The SMILES string of the molecule is CC(C)C(C)C1CCN(OCC(C)(C)n2cccn2)CC1. The van der Waals surface area contributed by atoms with E-state index in [1.807, 2.05) is 23.1 Å². The van der Waals surface area contributed by atoms with Crippen molar-refractivity contribution in [1.82, 2.24) is 14.8 Å². The molecule has 1 atom stereocenters. The summed E-state index contributed by atoms with van der Waals surface area (Å²) in [6.45, 7) is 14.2. The van der Waals surface area contributed by atoms with Crippen LogP contribution in [0.15, 0.2) is 18.5 Å². The Hall–Kier alpha value is -0.870. The van der Waals surface area contributed by atoms with Crippen molar-refractivity contribution in [1.29, 1.82) is 0 Å². The summed E-state index contributed by atoms with van der Waals surface area (Å²) in [5.74, 6) is 2.44. The topological polar surface area (TPSA) is 30.3 Å². The fourth-order valence-electron chi connectivity index (χ4n) is 3.02. The number of nitrogens with zero attached hydrogens (tertiary/aromatic N) is 3. The number of aromatic nitrogens is 2. The first-order valence-electron chi connectivity index (χ1n) is 8.28. The molecule has 0 saturated carbocycles. The fourth-order valence-corrected chi connectivity index (χ4v) is 3.02. The quantitative estimate of drug-likeness (QED) is 0.803. The second kappa shape index (κ2) is 6.93. The molecule has 0 radical (unpaired) electrons. The number of hydrogen-bond acceptors (Lipinski definition) is 3. The average molecular weight is 293 g/mol. The lowest BCUT2D eigenvalue weighted by Gasteiger charge is -2.37. The van der Waals surface area contributed by atoms with Gasteiger partial charge in [0.1, 0.15) is 0 Å². The predicted octanol–water partition coefficient (Wildman–Crippen LogP) is 3.55. The lowest BCUT2D eigenvalue weighted by molar-refractivity contribution is -0.194. The van der Waals surface area contributed by atoms with Gasteiger partial charge in [0.25, 0.3) is 0 Å². The van der Waals surface area contributed by atoms with Gasteiger partial charge in [0.15, 0.2) is 0 Å². The predicted molar refractivity (Wildman–Crippen MR) is 85.8 cm³/mol. The van der Waals surface area contributed by atoms with Gasteiger partial charge in [-0.1, -0.05) is 20.8 Å². The van der Waals surface area contributed by atoms with Crippen LogP contribution in [0.5, 0.6) is 0 Å². The zero-order chi connectivity index (χ0) is 15.5. The molecular formula is C17H31N3O. The zero-order valence-electron chi connectivity index (χ0n) is 14.2. The van der Waals surface area contributed by atoms with Gasteiger partial charge >= 0.3 is 0 Å². The maximum absolute atomic E-state index is 6.03. The highest BCUT2D eigenvalue weighted by molar-refractivity contribution is 4.86. The molecule has 0 amide bonds. The van der Waals surface area contributed by atoms with Crippen LogP contribution in [-0.4, -0.2) is 34.5 Å². The zero-order valence-corrected chi connectivity index (χ0v) is 14.2. The van der Waals surface area contributed by atoms with E-state index in [4.69, 9.17) is 4.84 Å². The van der Waals surface area contributed by atoms with E-state index >= 15 is 0 Å². The number of hydroxylamine groups is 2. The first-order valence-corrected chi connectivity index (χ1v) is 8.28. The maximum Gasteiger partial charge on any atom is 0.0932 e. The van der Waals surface area contributed by atoms with Gasteiger partial charge in [-0.3, -0.25) is 9.52 Å². The molecule has 1 saturated heterocycles. The van der Waals surface area contributed by atoms with Gasteiger partial charge in [-0.25, -0.2) is 0 Å². The highest BCUT2D eigenvalue weighted by Crippen LogP contribution is 2.30. The highest BCUT2D eigenvalue weighted by atomic mass is 16.7. The van der Waals surface area contributed by atoms with E-state index in [0.29, 0.717) is 6.61 Å². The Morgan fingerprint density at radius 3 is 2.43 bits per heavy atom. The van der Waals surface area contributed by atoms with E-state index in [2.05, 4.69) is 44.8 Å². The molecule has 1 unspecified atom stereocenters. The second-order valence-corrected chi connectivity index (χ2v) is 7.41. The van der Waals surface area contributed by atoms with Crippen molar-refractivity contribution < 1.29 is 4.84 Å². The molecule has 2 heterocycles. The van der Waals surface area contributed by atoms with Crippen LogP contribution in [0.1, 0.15) is 47.5 Å². The lowest BCUT2D eigenvalue weighted by Crippen LogP contribution is -2.41. The summed E-state index contributed by atoms with van der Waals surface area (Å²) in [6.07, 6.45) is 6.32. The Bertz CT molecular complexity index is 406. The Labute approximate surface area is 129 Å². The molecule has 0 bridgehead atoms. The van der Waals surface area contributed by atoms with Crippen LogP contribution in [0.3, 0.4) is 0 Å². The molecule has 4 nitrogen and oxygen atoms in total. The van der Waals surface area contributed by atoms with Crippen molar-refractivity contribution in [3.05, 3.63) is 18.5 Å². The van der Waals surface area contributed by atoms with Crippen molar-refractivity contribution in [2.45, 2.75) is 53.0 Å². The monoisotopic (exact) mass is 293 g/mol. The molecule has 1 aromatic rings. The molecule has 0 aliphatic carbocycles. The van der Waals surface area contributed by atoms with Crippen LogP contribution in [0.4, 0.5) is 0 Å². The van der Waals surface area contributed by atoms with Crippen LogP contribution in [-0.2, 0) is 10.4 Å². The van der Waals surface area contributed by atoms with E-state index in [1.54, 1.807) is 0 Å². The van der Waals surface area contributed by atoms with Gasteiger partial charge in [0.2, 0.25) is 0 Å². The molecule has 1 aliphatic heterocycles. The smallest absolute Gasteiger partial charge is 0.0932 e. The third-order valence-electron chi connectivity index (χ3n) is 5.02. The van der Waals surface area contributed by atoms with Crippen molar-refractivity contribution in [3.8, 4) is 0 Å². The molecule has 2 rings (SSSR count). The maximum atomic E-state index is 6.03. The minimum absolute atomic E-state index is 0.106.